The molecular formula is C25H27ClN4O2S. The first-order valence-corrected chi connectivity index (χ1v) is 12.9. The van der Waals surface area contributed by atoms with Crippen LogP contribution in [0, 0.1) is 0 Å². The predicted molar refractivity (Wildman–Crippen MR) is 136 cm³/mol. The number of nitrogens with one attached hydrogen (secondary N) is 2. The van der Waals surface area contributed by atoms with Crippen LogP contribution in [-0.2, 0) is 10.0 Å². The smallest absolute Gasteiger partial charge is 0.262 e. The van der Waals surface area contributed by atoms with Crippen molar-refractivity contribution in [1.82, 2.24) is 14.8 Å². The maximum absolute atomic E-state index is 13.3. The first-order chi connectivity index (χ1) is 15.8. The molecule has 1 aliphatic rings. The Morgan fingerprint density at radius 3 is 2.48 bits per heavy atom. The number of likely N-dealkylation sites (N-methyl/N-ethyl adjacent to an activating group) is 1. The van der Waals surface area contributed by atoms with Crippen molar-refractivity contribution in [1.29, 1.82) is 0 Å². The summed E-state index contributed by atoms with van der Waals surface area (Å²) in [7, 11) is -1.65. The number of piperazine rings is 1. The second-order valence-corrected chi connectivity index (χ2v) is 10.8. The molecule has 0 radical (unpaired) electrons. The topological polar surface area (TPSA) is 68.4 Å². The Labute approximate surface area is 199 Å². The van der Waals surface area contributed by atoms with E-state index >= 15 is 0 Å². The van der Waals surface area contributed by atoms with Gasteiger partial charge in [0.15, 0.2) is 0 Å². The Morgan fingerprint density at radius 1 is 0.970 bits per heavy atom. The fourth-order valence-corrected chi connectivity index (χ4v) is 6.15. The maximum atomic E-state index is 13.3. The lowest BCUT2D eigenvalue weighted by molar-refractivity contribution is 0.119. The molecule has 4 aromatic rings. The van der Waals surface area contributed by atoms with Crippen LogP contribution in [0.25, 0.3) is 21.7 Å². The minimum Gasteiger partial charge on any atom is -0.361 e. The van der Waals surface area contributed by atoms with E-state index in [1.807, 2.05) is 24.4 Å². The summed E-state index contributed by atoms with van der Waals surface area (Å²) >= 11 is 6.29. The van der Waals surface area contributed by atoms with Crippen LogP contribution in [0.3, 0.4) is 0 Å². The van der Waals surface area contributed by atoms with Gasteiger partial charge >= 0.3 is 0 Å². The van der Waals surface area contributed by atoms with Gasteiger partial charge in [0.1, 0.15) is 0 Å². The third-order valence-electron chi connectivity index (χ3n) is 6.62. The van der Waals surface area contributed by atoms with E-state index in [-0.39, 0.29) is 10.9 Å². The average molecular weight is 483 g/mol. The van der Waals surface area contributed by atoms with Crippen LogP contribution >= 0.6 is 11.6 Å². The van der Waals surface area contributed by atoms with Crippen LogP contribution in [-0.4, -0.2) is 56.4 Å². The van der Waals surface area contributed by atoms with E-state index in [4.69, 9.17) is 11.6 Å². The van der Waals surface area contributed by atoms with Crippen LogP contribution in [0.1, 0.15) is 18.5 Å². The Bertz CT molecular complexity index is 1430. The second-order valence-electron chi connectivity index (χ2n) is 8.72. The minimum atomic E-state index is -3.80. The van der Waals surface area contributed by atoms with Gasteiger partial charge in [-0.25, -0.2) is 8.42 Å². The number of fused-ring (bicyclic) bond motifs is 2. The van der Waals surface area contributed by atoms with E-state index in [1.165, 1.54) is 5.56 Å². The summed E-state index contributed by atoms with van der Waals surface area (Å²) in [6, 6.07) is 16.3. The highest BCUT2D eigenvalue weighted by Gasteiger charge is 2.23. The number of rotatable bonds is 5. The summed E-state index contributed by atoms with van der Waals surface area (Å²) in [6.07, 6.45) is 2.04. The highest BCUT2D eigenvalue weighted by Crippen LogP contribution is 2.33. The normalized spacial score (nSPS) is 16.9. The molecule has 0 amide bonds. The zero-order valence-corrected chi connectivity index (χ0v) is 20.2. The molecule has 1 saturated heterocycles. The maximum Gasteiger partial charge on any atom is 0.262 e. The zero-order valence-electron chi connectivity index (χ0n) is 18.7. The van der Waals surface area contributed by atoms with E-state index in [9.17, 15) is 8.42 Å². The van der Waals surface area contributed by atoms with Crippen molar-refractivity contribution in [2.75, 3.05) is 37.9 Å². The largest absolute Gasteiger partial charge is 0.361 e. The molecule has 172 valence electrons. The number of halogens is 1. The van der Waals surface area contributed by atoms with Crippen LogP contribution in [0.4, 0.5) is 5.69 Å². The Hall–Kier alpha value is -2.58. The Morgan fingerprint density at radius 2 is 1.70 bits per heavy atom. The number of hydrogen-bond donors (Lipinski definition) is 2. The highest BCUT2D eigenvalue weighted by molar-refractivity contribution is 7.93. The molecule has 8 heteroatoms. The van der Waals surface area contributed by atoms with E-state index < -0.39 is 10.0 Å². The first-order valence-electron chi connectivity index (χ1n) is 11.1. The third-order valence-corrected chi connectivity index (χ3v) is 8.39. The van der Waals surface area contributed by atoms with Crippen LogP contribution in [0.5, 0.6) is 0 Å². The number of sulfonamides is 1. The van der Waals surface area contributed by atoms with Crippen molar-refractivity contribution < 1.29 is 8.42 Å². The van der Waals surface area contributed by atoms with Gasteiger partial charge in [0.05, 0.1) is 4.90 Å². The molecule has 0 bridgehead atoms. The Kier molecular flexibility index (Phi) is 5.82. The highest BCUT2D eigenvalue weighted by atomic mass is 35.5. The summed E-state index contributed by atoms with van der Waals surface area (Å²) in [5.74, 6) is 0. The van der Waals surface area contributed by atoms with Crippen molar-refractivity contribution in [3.05, 3.63) is 71.4 Å². The Balaban J connectivity index is 1.48. The molecule has 1 aromatic heterocycles. The minimum absolute atomic E-state index is 0.211. The molecule has 1 fully saturated rings. The second kappa shape index (κ2) is 8.65. The van der Waals surface area contributed by atoms with Gasteiger partial charge in [-0.3, -0.25) is 9.62 Å². The fraction of sp³-hybridized carbons (Fsp3) is 0.280. The molecule has 5 rings (SSSR count). The number of benzene rings is 3. The number of anilines is 1. The van der Waals surface area contributed by atoms with E-state index in [0.717, 1.165) is 37.1 Å². The van der Waals surface area contributed by atoms with Gasteiger partial charge in [0.2, 0.25) is 0 Å². The van der Waals surface area contributed by atoms with Gasteiger partial charge in [-0.2, -0.15) is 0 Å². The lowest BCUT2D eigenvalue weighted by Gasteiger charge is -2.36. The van der Waals surface area contributed by atoms with Gasteiger partial charge in [-0.15, -0.1) is 0 Å². The number of H-pyrrole nitrogens is 1. The van der Waals surface area contributed by atoms with Gasteiger partial charge < -0.3 is 9.88 Å². The quantitative estimate of drug-likeness (QED) is 0.416. The monoisotopic (exact) mass is 482 g/mol. The van der Waals surface area contributed by atoms with E-state index in [0.29, 0.717) is 21.5 Å². The number of hydrogen-bond acceptors (Lipinski definition) is 4. The molecular weight excluding hydrogens is 456 g/mol. The SMILES string of the molecule is CC(c1c[nH]c2ccc(NS(=O)(=O)c3cccc4c(Cl)cccc34)cc12)N1CCN(C)CC1. The van der Waals surface area contributed by atoms with E-state index in [2.05, 4.69) is 33.5 Å². The lowest BCUT2D eigenvalue weighted by Crippen LogP contribution is -2.45. The summed E-state index contributed by atoms with van der Waals surface area (Å²) in [5.41, 5.74) is 2.70. The van der Waals surface area contributed by atoms with Crippen molar-refractivity contribution >= 4 is 49.0 Å². The molecule has 6 nitrogen and oxygen atoms in total. The number of aromatic nitrogens is 1. The van der Waals surface area contributed by atoms with Gasteiger partial charge in [0, 0.05) is 70.8 Å². The van der Waals surface area contributed by atoms with E-state index in [1.54, 1.807) is 36.4 Å². The average Bonchev–Trinajstić information content (AvgIpc) is 3.22. The molecule has 0 aliphatic carbocycles. The van der Waals surface area contributed by atoms with Crippen LogP contribution in [0.2, 0.25) is 5.02 Å². The zero-order chi connectivity index (χ0) is 23.2. The molecule has 0 spiro atoms. The number of aromatic amines is 1. The fourth-order valence-electron chi connectivity index (χ4n) is 4.64. The summed E-state index contributed by atoms with van der Waals surface area (Å²) < 4.78 is 29.4. The summed E-state index contributed by atoms with van der Waals surface area (Å²) in [5, 5.41) is 2.87. The molecule has 2 N–H and O–H groups in total. The van der Waals surface area contributed by atoms with Gasteiger partial charge in [-0.1, -0.05) is 35.9 Å². The number of nitrogens with zero attached hydrogens (tertiary/aromatic N) is 2. The summed E-state index contributed by atoms with van der Waals surface area (Å²) in [4.78, 5) is 8.36. The van der Waals surface area contributed by atoms with Crippen LogP contribution < -0.4 is 4.72 Å². The van der Waals surface area contributed by atoms with Crippen molar-refractivity contribution in [3.63, 3.8) is 0 Å². The van der Waals surface area contributed by atoms with Crippen molar-refractivity contribution in [3.8, 4) is 0 Å². The first kappa shape index (κ1) is 22.2. The molecule has 2 heterocycles. The molecule has 1 atom stereocenters. The third kappa shape index (κ3) is 4.22. The predicted octanol–water partition coefficient (Wildman–Crippen LogP) is 5.08. The molecule has 1 aliphatic heterocycles. The van der Waals surface area contributed by atoms with Gasteiger partial charge in [0.25, 0.3) is 10.0 Å². The standard InChI is InChI=1S/C25H27ClN4O2S/c1-17(30-13-11-29(2)12-14-30)22-16-27-24-10-9-18(15-21(22)24)28-33(31,32)25-8-4-5-19-20(25)6-3-7-23(19)26/h3-10,15-17,27-28H,11-14H2,1-2H3. The van der Waals surface area contributed by atoms with Crippen LogP contribution in [0.15, 0.2) is 65.7 Å². The summed E-state index contributed by atoms with van der Waals surface area (Å²) in [6.45, 7) is 6.34. The molecule has 3 aromatic carbocycles. The molecule has 0 saturated carbocycles. The molecule has 1 unspecified atom stereocenters. The van der Waals surface area contributed by atoms with Gasteiger partial charge in [-0.05, 0) is 49.9 Å². The van der Waals surface area contributed by atoms with Crippen molar-refractivity contribution in [2.45, 2.75) is 17.9 Å². The lowest BCUT2D eigenvalue weighted by atomic mass is 10.0. The molecule has 33 heavy (non-hydrogen) atoms. The van der Waals surface area contributed by atoms with Crippen molar-refractivity contribution in [2.24, 2.45) is 0 Å².